The van der Waals surface area contributed by atoms with Crippen molar-refractivity contribution in [3.05, 3.63) is 41.3 Å². The molecule has 0 saturated carbocycles. The Hall–Kier alpha value is -1.68. The number of hydrogen-bond acceptors (Lipinski definition) is 2. The van der Waals surface area contributed by atoms with Crippen LogP contribution >= 0.6 is 11.6 Å². The second-order valence-corrected chi connectivity index (χ2v) is 4.53. The van der Waals surface area contributed by atoms with Crippen LogP contribution in [0.25, 0.3) is 11.3 Å². The molecule has 0 bridgehead atoms. The summed E-state index contributed by atoms with van der Waals surface area (Å²) < 4.78 is 15.4. The van der Waals surface area contributed by atoms with E-state index in [1.165, 1.54) is 6.07 Å². The molecular weight excluding hydrogens is 267 g/mol. The topological polar surface area (TPSA) is 34.9 Å². The highest BCUT2D eigenvalue weighted by Crippen LogP contribution is 2.26. The average Bonchev–Trinajstić information content (AvgIpc) is 2.80. The first-order chi connectivity index (χ1) is 9.06. The monoisotopic (exact) mass is 280 g/mol. The van der Waals surface area contributed by atoms with E-state index in [-0.39, 0.29) is 5.56 Å². The van der Waals surface area contributed by atoms with E-state index in [1.54, 1.807) is 16.9 Å². The normalized spacial score (nSPS) is 10.7. The fourth-order valence-corrected chi connectivity index (χ4v) is 2.21. The third-order valence-electron chi connectivity index (χ3n) is 2.99. The number of nitrogens with zero attached hydrogens (tertiary/aromatic N) is 2. The number of benzene rings is 1. The maximum absolute atomic E-state index is 13.6. The highest BCUT2D eigenvalue weighted by atomic mass is 35.5. The minimum Gasteiger partial charge on any atom is -0.276 e. The molecule has 1 aromatic carbocycles. The number of aryl methyl sites for hydroxylation is 2. The molecule has 0 N–H and O–H groups in total. The Morgan fingerprint density at radius 3 is 2.68 bits per heavy atom. The summed E-state index contributed by atoms with van der Waals surface area (Å²) in [5.41, 5.74) is 2.63. The molecule has 100 valence electrons. The molecule has 0 radical (unpaired) electrons. The smallest absolute Gasteiger partial charge is 0.252 e. The number of halogens is 2. The summed E-state index contributed by atoms with van der Waals surface area (Å²) >= 11 is 5.43. The van der Waals surface area contributed by atoms with Crippen LogP contribution in [0, 0.1) is 5.82 Å². The first kappa shape index (κ1) is 13.7. The standard InChI is InChI=1S/C14H14ClFN2O/c1-3-9-8-17-18(4-2)13(9)10-5-11(14(15)19)7-12(16)6-10/h5-8H,3-4H2,1-2H3. The molecule has 0 aliphatic carbocycles. The lowest BCUT2D eigenvalue weighted by Gasteiger charge is -2.09. The number of aromatic nitrogens is 2. The van der Waals surface area contributed by atoms with Crippen LogP contribution in [-0.4, -0.2) is 15.0 Å². The quantitative estimate of drug-likeness (QED) is 0.801. The van der Waals surface area contributed by atoms with E-state index in [1.807, 2.05) is 13.8 Å². The molecule has 0 amide bonds. The molecule has 2 aromatic rings. The van der Waals surface area contributed by atoms with Gasteiger partial charge in [-0.15, -0.1) is 0 Å². The Bertz CT molecular complexity index is 600. The average molecular weight is 281 g/mol. The zero-order chi connectivity index (χ0) is 14.0. The minimum atomic E-state index is -0.665. The van der Waals surface area contributed by atoms with Crippen molar-refractivity contribution in [1.82, 2.24) is 9.78 Å². The molecule has 0 aliphatic rings. The lowest BCUT2D eigenvalue weighted by atomic mass is 10.0. The summed E-state index contributed by atoms with van der Waals surface area (Å²) in [7, 11) is 0. The van der Waals surface area contributed by atoms with E-state index in [9.17, 15) is 9.18 Å². The minimum absolute atomic E-state index is 0.155. The second-order valence-electron chi connectivity index (χ2n) is 4.19. The lowest BCUT2D eigenvalue weighted by Crippen LogP contribution is -2.01. The van der Waals surface area contributed by atoms with Crippen molar-refractivity contribution in [2.45, 2.75) is 26.8 Å². The van der Waals surface area contributed by atoms with Gasteiger partial charge in [0.15, 0.2) is 0 Å². The molecule has 0 spiro atoms. The lowest BCUT2D eigenvalue weighted by molar-refractivity contribution is 0.108. The Morgan fingerprint density at radius 1 is 1.37 bits per heavy atom. The zero-order valence-electron chi connectivity index (χ0n) is 10.8. The Kier molecular flexibility index (Phi) is 4.00. The van der Waals surface area contributed by atoms with E-state index in [2.05, 4.69) is 5.10 Å². The maximum atomic E-state index is 13.6. The first-order valence-electron chi connectivity index (χ1n) is 6.12. The van der Waals surface area contributed by atoms with Crippen molar-refractivity contribution < 1.29 is 9.18 Å². The summed E-state index contributed by atoms with van der Waals surface area (Å²) in [4.78, 5) is 11.2. The van der Waals surface area contributed by atoms with Crippen LogP contribution in [-0.2, 0) is 13.0 Å². The summed E-state index contributed by atoms with van der Waals surface area (Å²) in [5, 5.41) is 3.60. The van der Waals surface area contributed by atoms with Crippen molar-refractivity contribution in [2.75, 3.05) is 0 Å². The molecular formula is C14H14ClFN2O. The number of rotatable bonds is 4. The van der Waals surface area contributed by atoms with Gasteiger partial charge >= 0.3 is 0 Å². The molecule has 1 heterocycles. The predicted molar refractivity (Wildman–Crippen MR) is 72.9 cm³/mol. The molecule has 3 nitrogen and oxygen atoms in total. The maximum Gasteiger partial charge on any atom is 0.252 e. The summed E-state index contributed by atoms with van der Waals surface area (Å²) in [6.07, 6.45) is 2.56. The van der Waals surface area contributed by atoms with Crippen LogP contribution in [0.5, 0.6) is 0 Å². The van der Waals surface area contributed by atoms with Crippen LogP contribution in [0.3, 0.4) is 0 Å². The van der Waals surface area contributed by atoms with Gasteiger partial charge in [-0.25, -0.2) is 4.39 Å². The van der Waals surface area contributed by atoms with Gasteiger partial charge in [0.2, 0.25) is 0 Å². The van der Waals surface area contributed by atoms with Gasteiger partial charge in [-0.3, -0.25) is 9.48 Å². The van der Waals surface area contributed by atoms with Crippen LogP contribution in [0.4, 0.5) is 4.39 Å². The van der Waals surface area contributed by atoms with E-state index < -0.39 is 11.1 Å². The highest BCUT2D eigenvalue weighted by molar-refractivity contribution is 6.67. The van der Waals surface area contributed by atoms with Crippen LogP contribution in [0.15, 0.2) is 24.4 Å². The molecule has 0 aliphatic heterocycles. The fourth-order valence-electron chi connectivity index (χ4n) is 2.10. The molecule has 0 saturated heterocycles. The molecule has 1 aromatic heterocycles. The van der Waals surface area contributed by atoms with Gasteiger partial charge in [0, 0.05) is 17.7 Å². The summed E-state index contributed by atoms with van der Waals surface area (Å²) in [6.45, 7) is 4.65. The molecule has 0 unspecified atom stereocenters. The SMILES string of the molecule is CCc1cnn(CC)c1-c1cc(F)cc(C(=O)Cl)c1. The number of hydrogen-bond donors (Lipinski definition) is 0. The van der Waals surface area contributed by atoms with E-state index in [0.717, 1.165) is 23.7 Å². The highest BCUT2D eigenvalue weighted by Gasteiger charge is 2.14. The van der Waals surface area contributed by atoms with Gasteiger partial charge in [0.25, 0.3) is 5.24 Å². The molecule has 2 rings (SSSR count). The molecule has 19 heavy (non-hydrogen) atoms. The third-order valence-corrected chi connectivity index (χ3v) is 3.21. The van der Waals surface area contributed by atoms with Crippen molar-refractivity contribution in [3.63, 3.8) is 0 Å². The summed E-state index contributed by atoms with van der Waals surface area (Å²) in [6, 6.07) is 4.13. The van der Waals surface area contributed by atoms with Crippen molar-refractivity contribution in [3.8, 4) is 11.3 Å². The Labute approximate surface area is 116 Å². The Morgan fingerprint density at radius 2 is 2.11 bits per heavy atom. The van der Waals surface area contributed by atoms with Crippen LogP contribution in [0.1, 0.15) is 29.8 Å². The second kappa shape index (κ2) is 5.53. The van der Waals surface area contributed by atoms with Gasteiger partial charge < -0.3 is 0 Å². The molecule has 0 atom stereocenters. The number of carbonyl (C=O) groups excluding carboxylic acids is 1. The first-order valence-corrected chi connectivity index (χ1v) is 6.50. The predicted octanol–water partition coefficient (Wildman–Crippen LogP) is 3.65. The zero-order valence-corrected chi connectivity index (χ0v) is 11.5. The van der Waals surface area contributed by atoms with Gasteiger partial charge in [0.05, 0.1) is 11.9 Å². The van der Waals surface area contributed by atoms with Crippen molar-refractivity contribution in [1.29, 1.82) is 0 Å². The van der Waals surface area contributed by atoms with Crippen LogP contribution < -0.4 is 0 Å². The van der Waals surface area contributed by atoms with Crippen molar-refractivity contribution >= 4 is 16.8 Å². The molecule has 5 heteroatoms. The Balaban J connectivity index is 2.64. The van der Waals surface area contributed by atoms with E-state index >= 15 is 0 Å². The largest absolute Gasteiger partial charge is 0.276 e. The van der Waals surface area contributed by atoms with Gasteiger partial charge in [-0.2, -0.15) is 5.10 Å². The number of carbonyl (C=O) groups is 1. The fraction of sp³-hybridized carbons (Fsp3) is 0.286. The summed E-state index contributed by atoms with van der Waals surface area (Å²) in [5.74, 6) is -0.479. The van der Waals surface area contributed by atoms with Gasteiger partial charge in [-0.1, -0.05) is 6.92 Å². The van der Waals surface area contributed by atoms with Gasteiger partial charge in [-0.05, 0) is 48.7 Å². The third kappa shape index (κ3) is 2.68. The van der Waals surface area contributed by atoms with Gasteiger partial charge in [0.1, 0.15) is 5.82 Å². The molecule has 0 fully saturated rings. The van der Waals surface area contributed by atoms with Crippen molar-refractivity contribution in [2.24, 2.45) is 0 Å². The van der Waals surface area contributed by atoms with E-state index in [4.69, 9.17) is 11.6 Å². The van der Waals surface area contributed by atoms with Crippen LogP contribution in [0.2, 0.25) is 0 Å². The van der Waals surface area contributed by atoms with E-state index in [0.29, 0.717) is 12.1 Å².